The van der Waals surface area contributed by atoms with Crippen molar-refractivity contribution in [2.45, 2.75) is 59.0 Å². The van der Waals surface area contributed by atoms with Crippen LogP contribution in [0, 0.1) is 12.8 Å². The Labute approximate surface area is 121 Å². The Hall–Kier alpha value is -1.51. The van der Waals surface area contributed by atoms with Gasteiger partial charge in [-0.2, -0.15) is 0 Å². The van der Waals surface area contributed by atoms with Crippen molar-refractivity contribution in [2.24, 2.45) is 5.92 Å². The second kappa shape index (κ2) is 6.78. The predicted molar refractivity (Wildman–Crippen MR) is 82.1 cm³/mol. The number of aryl methyl sites for hydroxylation is 2. The summed E-state index contributed by atoms with van der Waals surface area (Å²) in [5, 5.41) is 2.86. The van der Waals surface area contributed by atoms with Crippen LogP contribution < -0.4 is 5.32 Å². The predicted octanol–water partition coefficient (Wildman–Crippen LogP) is 4.68. The average molecular weight is 275 g/mol. The highest BCUT2D eigenvalue weighted by molar-refractivity contribution is 5.85. The number of ether oxygens (including phenoxy) is 1. The minimum Gasteiger partial charge on any atom is -0.446 e. The van der Waals surface area contributed by atoms with Crippen LogP contribution in [-0.2, 0) is 11.2 Å². The van der Waals surface area contributed by atoms with Crippen LogP contribution in [0.15, 0.2) is 18.2 Å². The molecule has 1 aromatic rings. The first-order chi connectivity index (χ1) is 9.58. The van der Waals surface area contributed by atoms with Gasteiger partial charge in [0.25, 0.3) is 0 Å². The Kier molecular flexibility index (Phi) is 5.05. The molecule has 0 aliphatic heterocycles. The zero-order chi connectivity index (χ0) is 14.5. The summed E-state index contributed by atoms with van der Waals surface area (Å²) in [4.78, 5) is 12.0. The first-order valence-electron chi connectivity index (χ1n) is 7.66. The minimum absolute atomic E-state index is 0.0687. The highest BCUT2D eigenvalue weighted by Gasteiger charge is 2.24. The summed E-state index contributed by atoms with van der Waals surface area (Å²) in [5.41, 5.74) is 3.22. The van der Waals surface area contributed by atoms with Crippen LogP contribution in [-0.4, -0.2) is 12.2 Å². The normalized spacial score (nSPS) is 22.4. The number of rotatable bonds is 3. The number of hydrogen-bond acceptors (Lipinski definition) is 2. The van der Waals surface area contributed by atoms with Gasteiger partial charge < -0.3 is 4.74 Å². The lowest BCUT2D eigenvalue weighted by atomic mass is 9.88. The summed E-state index contributed by atoms with van der Waals surface area (Å²) < 4.78 is 5.57. The number of carbonyl (C=O) groups excluding carboxylic acids is 1. The molecule has 0 saturated heterocycles. The van der Waals surface area contributed by atoms with Crippen LogP contribution in [0.2, 0.25) is 0 Å². The van der Waals surface area contributed by atoms with Crippen molar-refractivity contribution in [1.29, 1.82) is 0 Å². The van der Waals surface area contributed by atoms with E-state index in [0.717, 1.165) is 36.9 Å². The van der Waals surface area contributed by atoms with E-state index in [1.54, 1.807) is 0 Å². The molecule has 0 heterocycles. The molecule has 0 bridgehead atoms. The molecular weight excluding hydrogens is 250 g/mol. The maximum absolute atomic E-state index is 12.0. The summed E-state index contributed by atoms with van der Waals surface area (Å²) in [6.45, 7) is 6.32. The van der Waals surface area contributed by atoms with Crippen LogP contribution >= 0.6 is 0 Å². The topological polar surface area (TPSA) is 38.3 Å². The quantitative estimate of drug-likeness (QED) is 0.869. The second-order valence-electron chi connectivity index (χ2n) is 5.89. The summed E-state index contributed by atoms with van der Waals surface area (Å²) in [6.07, 6.45) is 5.26. The number of anilines is 1. The molecule has 0 aromatic heterocycles. The van der Waals surface area contributed by atoms with Crippen molar-refractivity contribution in [1.82, 2.24) is 0 Å². The van der Waals surface area contributed by atoms with Gasteiger partial charge in [0.1, 0.15) is 6.10 Å². The number of hydrogen-bond donors (Lipinski definition) is 1. The Morgan fingerprint density at radius 2 is 2.05 bits per heavy atom. The molecular formula is C17H25NO2. The SMILES string of the molecule is CCc1cc(C)cc(NC(=O)OC2CCCCC2C)c1. The largest absolute Gasteiger partial charge is 0.446 e. The van der Waals surface area contributed by atoms with Crippen molar-refractivity contribution in [3.05, 3.63) is 29.3 Å². The summed E-state index contributed by atoms with van der Waals surface area (Å²) in [5.74, 6) is 0.471. The lowest BCUT2D eigenvalue weighted by Crippen LogP contribution is -2.30. The Balaban J connectivity index is 1.95. The fraction of sp³-hybridized carbons (Fsp3) is 0.588. The van der Waals surface area contributed by atoms with E-state index in [0.29, 0.717) is 5.92 Å². The van der Waals surface area contributed by atoms with Crippen molar-refractivity contribution < 1.29 is 9.53 Å². The van der Waals surface area contributed by atoms with Gasteiger partial charge >= 0.3 is 6.09 Å². The van der Waals surface area contributed by atoms with Gasteiger partial charge in [-0.05, 0) is 61.8 Å². The second-order valence-corrected chi connectivity index (χ2v) is 5.89. The molecule has 1 aliphatic carbocycles. The number of nitrogens with one attached hydrogen (secondary N) is 1. The molecule has 0 radical (unpaired) electrons. The van der Waals surface area contributed by atoms with Crippen molar-refractivity contribution in [3.63, 3.8) is 0 Å². The Bertz CT molecular complexity index is 470. The monoisotopic (exact) mass is 275 g/mol. The van der Waals surface area contributed by atoms with Crippen LogP contribution in [0.3, 0.4) is 0 Å². The van der Waals surface area contributed by atoms with Crippen LogP contribution in [0.1, 0.15) is 50.7 Å². The maximum atomic E-state index is 12.0. The van der Waals surface area contributed by atoms with Gasteiger partial charge in [0.2, 0.25) is 0 Å². The van der Waals surface area contributed by atoms with Gasteiger partial charge in [0, 0.05) is 5.69 Å². The third-order valence-electron chi connectivity index (χ3n) is 4.08. The van der Waals surface area contributed by atoms with E-state index in [9.17, 15) is 4.79 Å². The molecule has 2 rings (SSSR count). The number of amides is 1. The van der Waals surface area contributed by atoms with Gasteiger partial charge in [0.05, 0.1) is 0 Å². The number of benzene rings is 1. The molecule has 3 nitrogen and oxygen atoms in total. The highest BCUT2D eigenvalue weighted by Crippen LogP contribution is 2.26. The summed E-state index contributed by atoms with van der Waals surface area (Å²) >= 11 is 0. The van der Waals surface area contributed by atoms with E-state index in [-0.39, 0.29) is 12.2 Å². The first-order valence-corrected chi connectivity index (χ1v) is 7.66. The molecule has 20 heavy (non-hydrogen) atoms. The van der Waals surface area contributed by atoms with Crippen molar-refractivity contribution in [2.75, 3.05) is 5.32 Å². The maximum Gasteiger partial charge on any atom is 0.411 e. The van der Waals surface area contributed by atoms with Gasteiger partial charge in [-0.25, -0.2) is 4.79 Å². The lowest BCUT2D eigenvalue weighted by Gasteiger charge is -2.28. The van der Waals surface area contributed by atoms with Gasteiger partial charge in [-0.3, -0.25) is 5.32 Å². The molecule has 2 atom stereocenters. The smallest absolute Gasteiger partial charge is 0.411 e. The first kappa shape index (κ1) is 14.9. The Morgan fingerprint density at radius 3 is 2.75 bits per heavy atom. The van der Waals surface area contributed by atoms with Crippen molar-refractivity contribution in [3.8, 4) is 0 Å². The van der Waals surface area contributed by atoms with E-state index in [2.05, 4.69) is 25.2 Å². The molecule has 1 aromatic carbocycles. The molecule has 1 N–H and O–H groups in total. The van der Waals surface area contributed by atoms with Gasteiger partial charge in [-0.15, -0.1) is 0 Å². The minimum atomic E-state index is -0.323. The molecule has 3 heteroatoms. The average Bonchev–Trinajstić information content (AvgIpc) is 2.40. The van der Waals surface area contributed by atoms with E-state index >= 15 is 0 Å². The molecule has 2 unspecified atom stereocenters. The fourth-order valence-electron chi connectivity index (χ4n) is 2.88. The Morgan fingerprint density at radius 1 is 1.30 bits per heavy atom. The molecule has 1 aliphatic rings. The van der Waals surface area contributed by atoms with Crippen LogP contribution in [0.5, 0.6) is 0 Å². The van der Waals surface area contributed by atoms with E-state index in [4.69, 9.17) is 4.74 Å². The molecule has 1 saturated carbocycles. The zero-order valence-corrected chi connectivity index (χ0v) is 12.7. The molecule has 1 fully saturated rings. The van der Waals surface area contributed by atoms with Gasteiger partial charge in [0.15, 0.2) is 0 Å². The van der Waals surface area contributed by atoms with Crippen molar-refractivity contribution >= 4 is 11.8 Å². The van der Waals surface area contributed by atoms with E-state index < -0.39 is 0 Å². The van der Waals surface area contributed by atoms with E-state index in [1.165, 1.54) is 12.0 Å². The standard InChI is InChI=1S/C17H25NO2/c1-4-14-9-12(2)10-15(11-14)18-17(19)20-16-8-6-5-7-13(16)3/h9-11,13,16H,4-8H2,1-3H3,(H,18,19). The van der Waals surface area contributed by atoms with Crippen LogP contribution in [0.25, 0.3) is 0 Å². The molecule has 0 spiro atoms. The summed E-state index contributed by atoms with van der Waals surface area (Å²) in [6, 6.07) is 6.13. The highest BCUT2D eigenvalue weighted by atomic mass is 16.6. The third-order valence-corrected chi connectivity index (χ3v) is 4.08. The number of carbonyl (C=O) groups is 1. The molecule has 110 valence electrons. The fourth-order valence-corrected chi connectivity index (χ4v) is 2.88. The third kappa shape index (κ3) is 3.99. The lowest BCUT2D eigenvalue weighted by molar-refractivity contribution is 0.0524. The zero-order valence-electron chi connectivity index (χ0n) is 12.7. The van der Waals surface area contributed by atoms with Gasteiger partial charge in [-0.1, -0.05) is 26.3 Å². The molecule has 1 amide bonds. The summed E-state index contributed by atoms with van der Waals surface area (Å²) in [7, 11) is 0. The van der Waals surface area contributed by atoms with Crippen LogP contribution in [0.4, 0.5) is 10.5 Å². The van der Waals surface area contributed by atoms with E-state index in [1.807, 2.05) is 19.1 Å².